The number of ether oxygens (including phenoxy) is 2. The Morgan fingerprint density at radius 3 is 1.90 bits per heavy atom. The maximum atomic E-state index is 12.6. The van der Waals surface area contributed by atoms with Gasteiger partial charge in [0.25, 0.3) is 11.8 Å². The third-order valence-electron chi connectivity index (χ3n) is 4.11. The molecule has 0 aliphatic carbocycles. The molecule has 0 atom stereocenters. The number of halogens is 1. The number of anilines is 2. The number of nitrogens with one attached hydrogen (secondary N) is 2. The minimum atomic E-state index is -0.315. The fourth-order valence-corrected chi connectivity index (χ4v) is 2.88. The van der Waals surface area contributed by atoms with E-state index in [-0.39, 0.29) is 11.8 Å². The molecule has 0 radical (unpaired) electrons. The number of rotatable bonds is 6. The molecule has 0 spiro atoms. The topological polar surface area (TPSA) is 76.7 Å². The second kappa shape index (κ2) is 9.12. The summed E-state index contributed by atoms with van der Waals surface area (Å²) in [5, 5.41) is 6.07. The molecule has 0 unspecified atom stereocenters. The molecule has 3 rings (SSSR count). The summed E-state index contributed by atoms with van der Waals surface area (Å²) >= 11 is 5.93. The molecule has 2 N–H and O–H groups in total. The summed E-state index contributed by atoms with van der Waals surface area (Å²) in [6, 6.07) is 18.4. The molecule has 0 heterocycles. The van der Waals surface area contributed by atoms with Crippen molar-refractivity contribution in [2.24, 2.45) is 0 Å². The zero-order valence-corrected chi connectivity index (χ0v) is 16.6. The zero-order valence-electron chi connectivity index (χ0n) is 15.9. The van der Waals surface area contributed by atoms with E-state index in [1.807, 2.05) is 0 Å². The van der Waals surface area contributed by atoms with Gasteiger partial charge in [0.2, 0.25) is 0 Å². The first-order chi connectivity index (χ1) is 14.0. The molecule has 3 aromatic rings. The smallest absolute Gasteiger partial charge is 0.255 e. The van der Waals surface area contributed by atoms with Gasteiger partial charge < -0.3 is 20.1 Å². The van der Waals surface area contributed by atoms with Crippen LogP contribution in [0, 0.1) is 0 Å². The molecule has 2 amide bonds. The summed E-state index contributed by atoms with van der Waals surface area (Å²) in [4.78, 5) is 24.9. The number of amides is 2. The van der Waals surface area contributed by atoms with Crippen LogP contribution in [0.25, 0.3) is 0 Å². The largest absolute Gasteiger partial charge is 0.493 e. The highest BCUT2D eigenvalue weighted by molar-refractivity contribution is 6.31. The summed E-state index contributed by atoms with van der Waals surface area (Å²) in [6.07, 6.45) is 0. The number of hydrogen-bond donors (Lipinski definition) is 2. The second-order valence-electron chi connectivity index (χ2n) is 6.07. The van der Waals surface area contributed by atoms with Crippen LogP contribution >= 0.6 is 11.6 Å². The van der Waals surface area contributed by atoms with Crippen molar-refractivity contribution in [1.82, 2.24) is 0 Å². The highest BCUT2D eigenvalue weighted by Crippen LogP contribution is 2.28. The monoisotopic (exact) mass is 410 g/mol. The molecule has 0 bridgehead atoms. The van der Waals surface area contributed by atoms with Crippen molar-refractivity contribution in [3.05, 3.63) is 82.9 Å². The van der Waals surface area contributed by atoms with Gasteiger partial charge in [0.1, 0.15) is 0 Å². The van der Waals surface area contributed by atoms with Crippen LogP contribution in [0.2, 0.25) is 5.02 Å². The summed E-state index contributed by atoms with van der Waals surface area (Å²) in [7, 11) is 3.03. The van der Waals surface area contributed by atoms with Gasteiger partial charge in [0.05, 0.1) is 14.2 Å². The van der Waals surface area contributed by atoms with E-state index in [4.69, 9.17) is 21.1 Å². The lowest BCUT2D eigenvalue weighted by molar-refractivity contribution is 0.101. The fourth-order valence-electron chi connectivity index (χ4n) is 2.69. The van der Waals surface area contributed by atoms with Crippen LogP contribution in [-0.4, -0.2) is 26.0 Å². The van der Waals surface area contributed by atoms with Crippen molar-refractivity contribution >= 4 is 34.8 Å². The maximum absolute atomic E-state index is 12.6. The van der Waals surface area contributed by atoms with Gasteiger partial charge in [-0.15, -0.1) is 0 Å². The SMILES string of the molecule is COc1ccc(C(=O)Nc2cccc(NC(=O)c3cccc(Cl)c3)c2)cc1OC. The molecule has 0 aromatic heterocycles. The molecule has 0 aliphatic heterocycles. The van der Waals surface area contributed by atoms with E-state index in [0.29, 0.717) is 39.0 Å². The van der Waals surface area contributed by atoms with Crippen molar-refractivity contribution in [3.8, 4) is 11.5 Å². The lowest BCUT2D eigenvalue weighted by Crippen LogP contribution is -2.14. The van der Waals surface area contributed by atoms with E-state index in [1.165, 1.54) is 14.2 Å². The van der Waals surface area contributed by atoms with E-state index >= 15 is 0 Å². The standard InChI is InChI=1S/C22H19ClN2O4/c1-28-19-10-9-15(12-20(19)29-2)22(27)25-18-8-4-7-17(13-18)24-21(26)14-5-3-6-16(23)11-14/h3-13H,1-2H3,(H,24,26)(H,25,27). The molecule has 3 aromatic carbocycles. The third kappa shape index (κ3) is 5.06. The molecule has 0 saturated carbocycles. The van der Waals surface area contributed by atoms with Crippen LogP contribution in [0.4, 0.5) is 11.4 Å². The van der Waals surface area contributed by atoms with Gasteiger partial charge in [-0.05, 0) is 54.6 Å². The first kappa shape index (κ1) is 20.2. The van der Waals surface area contributed by atoms with Crippen LogP contribution < -0.4 is 20.1 Å². The van der Waals surface area contributed by atoms with E-state index in [9.17, 15) is 9.59 Å². The Balaban J connectivity index is 1.72. The van der Waals surface area contributed by atoms with E-state index in [0.717, 1.165) is 0 Å². The fraction of sp³-hybridized carbons (Fsp3) is 0.0909. The predicted molar refractivity (Wildman–Crippen MR) is 113 cm³/mol. The van der Waals surface area contributed by atoms with Gasteiger partial charge >= 0.3 is 0 Å². The minimum absolute atomic E-state index is 0.295. The van der Waals surface area contributed by atoms with Gasteiger partial charge in [-0.3, -0.25) is 9.59 Å². The average Bonchev–Trinajstić information content (AvgIpc) is 2.73. The van der Waals surface area contributed by atoms with Crippen LogP contribution in [0.3, 0.4) is 0 Å². The van der Waals surface area contributed by atoms with Gasteiger partial charge in [0.15, 0.2) is 11.5 Å². The Hall–Kier alpha value is -3.51. The first-order valence-corrected chi connectivity index (χ1v) is 9.08. The third-order valence-corrected chi connectivity index (χ3v) is 4.35. The quantitative estimate of drug-likeness (QED) is 0.608. The van der Waals surface area contributed by atoms with E-state index < -0.39 is 0 Å². The second-order valence-corrected chi connectivity index (χ2v) is 6.51. The molecule has 7 heteroatoms. The van der Waals surface area contributed by atoms with Crippen molar-refractivity contribution in [2.45, 2.75) is 0 Å². The van der Waals surface area contributed by atoms with Crippen molar-refractivity contribution < 1.29 is 19.1 Å². The molecular weight excluding hydrogens is 392 g/mol. The number of carbonyl (C=O) groups excluding carboxylic acids is 2. The van der Waals surface area contributed by atoms with Gasteiger partial charge in [-0.25, -0.2) is 0 Å². The van der Waals surface area contributed by atoms with Gasteiger partial charge in [0, 0.05) is 27.5 Å². The highest BCUT2D eigenvalue weighted by atomic mass is 35.5. The van der Waals surface area contributed by atoms with E-state index in [1.54, 1.807) is 66.7 Å². The van der Waals surface area contributed by atoms with Crippen molar-refractivity contribution in [2.75, 3.05) is 24.9 Å². The predicted octanol–water partition coefficient (Wildman–Crippen LogP) is 4.86. The minimum Gasteiger partial charge on any atom is -0.493 e. The van der Waals surface area contributed by atoms with Crippen LogP contribution in [0.1, 0.15) is 20.7 Å². The van der Waals surface area contributed by atoms with E-state index in [2.05, 4.69) is 10.6 Å². The van der Waals surface area contributed by atoms with Crippen molar-refractivity contribution in [3.63, 3.8) is 0 Å². The Morgan fingerprint density at radius 1 is 0.724 bits per heavy atom. The Morgan fingerprint density at radius 2 is 1.31 bits per heavy atom. The summed E-state index contributed by atoms with van der Waals surface area (Å²) in [5.41, 5.74) is 1.93. The first-order valence-electron chi connectivity index (χ1n) is 8.70. The van der Waals surface area contributed by atoms with Crippen LogP contribution in [0.5, 0.6) is 11.5 Å². The molecular formula is C22H19ClN2O4. The Kier molecular flexibility index (Phi) is 6.36. The molecule has 29 heavy (non-hydrogen) atoms. The average molecular weight is 411 g/mol. The maximum Gasteiger partial charge on any atom is 0.255 e. The lowest BCUT2D eigenvalue weighted by atomic mass is 10.1. The van der Waals surface area contributed by atoms with Crippen LogP contribution in [0.15, 0.2) is 66.7 Å². The Labute approximate surface area is 173 Å². The Bertz CT molecular complexity index is 1050. The normalized spacial score (nSPS) is 10.2. The number of benzene rings is 3. The number of carbonyl (C=O) groups is 2. The number of hydrogen-bond acceptors (Lipinski definition) is 4. The van der Waals surface area contributed by atoms with Crippen LogP contribution in [-0.2, 0) is 0 Å². The van der Waals surface area contributed by atoms with Gasteiger partial charge in [-0.2, -0.15) is 0 Å². The molecule has 0 saturated heterocycles. The zero-order chi connectivity index (χ0) is 20.8. The summed E-state index contributed by atoms with van der Waals surface area (Å²) in [6.45, 7) is 0. The summed E-state index contributed by atoms with van der Waals surface area (Å²) < 4.78 is 10.4. The lowest BCUT2D eigenvalue weighted by Gasteiger charge is -2.11. The van der Waals surface area contributed by atoms with Gasteiger partial charge in [-0.1, -0.05) is 23.7 Å². The molecule has 148 valence electrons. The molecule has 6 nitrogen and oxygen atoms in total. The molecule has 0 fully saturated rings. The molecule has 0 aliphatic rings. The highest BCUT2D eigenvalue weighted by Gasteiger charge is 2.12. The van der Waals surface area contributed by atoms with Crippen molar-refractivity contribution in [1.29, 1.82) is 0 Å². The summed E-state index contributed by atoms with van der Waals surface area (Å²) in [5.74, 6) is 0.387. The number of methoxy groups -OCH3 is 2.